The molecule has 2 amide bonds. The number of aromatic nitrogens is 1. The highest BCUT2D eigenvalue weighted by atomic mass is 16.5. The van der Waals surface area contributed by atoms with Crippen LogP contribution in [0.1, 0.15) is 30.7 Å². The van der Waals surface area contributed by atoms with Crippen molar-refractivity contribution in [1.29, 1.82) is 0 Å². The predicted octanol–water partition coefficient (Wildman–Crippen LogP) is 3.21. The molecular weight excluding hydrogens is 378 g/mol. The first-order valence-electron chi connectivity index (χ1n) is 10.2. The van der Waals surface area contributed by atoms with Gasteiger partial charge in [0.2, 0.25) is 11.8 Å². The molecule has 1 fully saturated rings. The molecule has 0 bridgehead atoms. The molecule has 30 heavy (non-hydrogen) atoms. The molecule has 1 atom stereocenters. The summed E-state index contributed by atoms with van der Waals surface area (Å²) in [6.07, 6.45) is 0.534. The fraction of sp³-hybridized carbons (Fsp3) is 0.333. The van der Waals surface area contributed by atoms with Gasteiger partial charge in [0.15, 0.2) is 0 Å². The number of para-hydroxylation sites is 1. The quantitative estimate of drug-likeness (QED) is 0.730. The number of rotatable bonds is 3. The maximum absolute atomic E-state index is 13.5. The van der Waals surface area contributed by atoms with Gasteiger partial charge in [-0.3, -0.25) is 9.59 Å². The monoisotopic (exact) mass is 403 g/mol. The smallest absolute Gasteiger partial charge is 0.246 e. The van der Waals surface area contributed by atoms with E-state index in [0.29, 0.717) is 13.0 Å². The summed E-state index contributed by atoms with van der Waals surface area (Å²) in [5.74, 6) is 0.767. The molecule has 2 aromatic carbocycles. The molecule has 6 nitrogen and oxygen atoms in total. The minimum absolute atomic E-state index is 0.00873. The van der Waals surface area contributed by atoms with E-state index < -0.39 is 11.6 Å². The number of aromatic amines is 1. The number of nitrogens with zero attached hydrogens (tertiary/aromatic N) is 2. The molecule has 2 aliphatic rings. The van der Waals surface area contributed by atoms with Gasteiger partial charge in [-0.15, -0.1) is 0 Å². The lowest BCUT2D eigenvalue weighted by atomic mass is 9.82. The number of carbonyl (C=O) groups excluding carboxylic acids is 2. The number of piperazine rings is 1. The zero-order chi connectivity index (χ0) is 21.0. The van der Waals surface area contributed by atoms with Crippen LogP contribution < -0.4 is 4.74 Å². The predicted molar refractivity (Wildman–Crippen MR) is 114 cm³/mol. The van der Waals surface area contributed by atoms with E-state index in [9.17, 15) is 9.59 Å². The number of nitrogens with one attached hydrogen (secondary N) is 1. The zero-order valence-electron chi connectivity index (χ0n) is 17.4. The molecule has 2 aliphatic heterocycles. The number of benzene rings is 2. The van der Waals surface area contributed by atoms with E-state index >= 15 is 0 Å². The lowest BCUT2D eigenvalue weighted by Gasteiger charge is -2.51. The molecule has 3 heterocycles. The number of H-pyrrole nitrogens is 1. The number of carbonyl (C=O) groups is 2. The molecule has 1 saturated heterocycles. The van der Waals surface area contributed by atoms with Gasteiger partial charge in [0.05, 0.1) is 12.6 Å². The molecule has 0 aliphatic carbocycles. The Morgan fingerprint density at radius 2 is 1.83 bits per heavy atom. The van der Waals surface area contributed by atoms with Gasteiger partial charge in [-0.05, 0) is 43.2 Å². The molecule has 5 rings (SSSR count). The van der Waals surface area contributed by atoms with Crippen LogP contribution in [0.15, 0.2) is 48.5 Å². The first-order valence-corrected chi connectivity index (χ1v) is 10.2. The Morgan fingerprint density at radius 1 is 1.10 bits per heavy atom. The van der Waals surface area contributed by atoms with Crippen molar-refractivity contribution in [3.8, 4) is 5.75 Å². The minimum Gasteiger partial charge on any atom is -0.497 e. The van der Waals surface area contributed by atoms with Gasteiger partial charge >= 0.3 is 0 Å². The summed E-state index contributed by atoms with van der Waals surface area (Å²) in [5.41, 5.74) is 3.63. The Kier molecular flexibility index (Phi) is 4.13. The summed E-state index contributed by atoms with van der Waals surface area (Å²) >= 11 is 0. The van der Waals surface area contributed by atoms with Crippen molar-refractivity contribution < 1.29 is 14.3 Å². The van der Waals surface area contributed by atoms with Gasteiger partial charge in [0, 0.05) is 29.6 Å². The standard InChI is InChI=1S/C24H25N3O3/c1-24(2)22-18(17-6-4-5-7-19(17)25-22)12-20-23(29)26(14-21(28)27(20)24)13-15-8-10-16(30-3)11-9-15/h4-11,20,25H,12-14H2,1-3H3/t20-/m0/s1. The molecule has 0 saturated carbocycles. The molecule has 3 aromatic rings. The van der Waals surface area contributed by atoms with E-state index in [4.69, 9.17) is 4.74 Å². The van der Waals surface area contributed by atoms with Crippen LogP contribution in [0.3, 0.4) is 0 Å². The summed E-state index contributed by atoms with van der Waals surface area (Å²) in [5, 5.41) is 1.13. The van der Waals surface area contributed by atoms with Crippen molar-refractivity contribution in [1.82, 2.24) is 14.8 Å². The fourth-order valence-corrected chi connectivity index (χ4v) is 5.03. The van der Waals surface area contributed by atoms with E-state index in [1.165, 1.54) is 0 Å². The van der Waals surface area contributed by atoms with E-state index in [0.717, 1.165) is 33.5 Å². The van der Waals surface area contributed by atoms with Crippen LogP contribution in [-0.4, -0.2) is 46.3 Å². The highest BCUT2D eigenvalue weighted by Crippen LogP contribution is 2.42. The summed E-state index contributed by atoms with van der Waals surface area (Å²) in [6, 6.07) is 15.3. The largest absolute Gasteiger partial charge is 0.497 e. The summed E-state index contributed by atoms with van der Waals surface area (Å²) < 4.78 is 5.21. The highest BCUT2D eigenvalue weighted by Gasteiger charge is 2.51. The lowest BCUT2D eigenvalue weighted by molar-refractivity contribution is -0.164. The van der Waals surface area contributed by atoms with Crippen LogP contribution in [0.2, 0.25) is 0 Å². The Balaban J connectivity index is 1.50. The highest BCUT2D eigenvalue weighted by molar-refractivity contribution is 5.97. The number of amides is 2. The van der Waals surface area contributed by atoms with Crippen molar-refractivity contribution >= 4 is 22.7 Å². The summed E-state index contributed by atoms with van der Waals surface area (Å²) in [4.78, 5) is 33.7. The van der Waals surface area contributed by atoms with E-state index in [1.807, 2.05) is 56.3 Å². The summed E-state index contributed by atoms with van der Waals surface area (Å²) in [6.45, 7) is 4.57. The Hall–Kier alpha value is -3.28. The van der Waals surface area contributed by atoms with Crippen molar-refractivity contribution in [3.05, 3.63) is 65.4 Å². The Morgan fingerprint density at radius 3 is 2.57 bits per heavy atom. The Bertz CT molecular complexity index is 1150. The third-order valence-electron chi connectivity index (χ3n) is 6.46. The summed E-state index contributed by atoms with van der Waals surface area (Å²) in [7, 11) is 1.63. The van der Waals surface area contributed by atoms with Crippen molar-refractivity contribution in [2.45, 2.75) is 38.4 Å². The van der Waals surface area contributed by atoms with Gasteiger partial charge in [0.1, 0.15) is 18.3 Å². The third kappa shape index (κ3) is 2.70. The number of hydrogen-bond acceptors (Lipinski definition) is 3. The maximum atomic E-state index is 13.5. The first kappa shape index (κ1) is 18.7. The van der Waals surface area contributed by atoms with Crippen LogP contribution in [-0.2, 0) is 28.1 Å². The van der Waals surface area contributed by atoms with Crippen molar-refractivity contribution in [2.75, 3.05) is 13.7 Å². The van der Waals surface area contributed by atoms with Crippen LogP contribution in [0.25, 0.3) is 10.9 Å². The van der Waals surface area contributed by atoms with Gasteiger partial charge in [0.25, 0.3) is 0 Å². The lowest BCUT2D eigenvalue weighted by Crippen LogP contribution is -2.66. The van der Waals surface area contributed by atoms with E-state index in [1.54, 1.807) is 16.9 Å². The van der Waals surface area contributed by atoms with Crippen LogP contribution in [0, 0.1) is 0 Å². The first-order chi connectivity index (χ1) is 14.4. The average molecular weight is 403 g/mol. The number of hydrogen-bond donors (Lipinski definition) is 1. The molecular formula is C24H25N3O3. The number of ether oxygens (including phenoxy) is 1. The van der Waals surface area contributed by atoms with Gasteiger partial charge in [-0.25, -0.2) is 0 Å². The molecule has 0 radical (unpaired) electrons. The maximum Gasteiger partial charge on any atom is 0.246 e. The van der Waals surface area contributed by atoms with Crippen molar-refractivity contribution in [3.63, 3.8) is 0 Å². The SMILES string of the molecule is COc1ccc(CN2CC(=O)N3[C@@H](Cc4c([nH]c5ccccc45)C3(C)C)C2=O)cc1. The normalized spacial score (nSPS) is 20.3. The second-order valence-electron chi connectivity index (χ2n) is 8.61. The van der Waals surface area contributed by atoms with Crippen LogP contribution in [0.5, 0.6) is 5.75 Å². The van der Waals surface area contributed by atoms with Crippen LogP contribution >= 0.6 is 0 Å². The third-order valence-corrected chi connectivity index (χ3v) is 6.46. The fourth-order valence-electron chi connectivity index (χ4n) is 5.03. The molecule has 1 aromatic heterocycles. The van der Waals surface area contributed by atoms with E-state index in [2.05, 4.69) is 11.1 Å². The molecule has 0 unspecified atom stereocenters. The second kappa shape index (κ2) is 6.62. The Labute approximate surface area is 175 Å². The van der Waals surface area contributed by atoms with E-state index in [-0.39, 0.29) is 18.4 Å². The second-order valence-corrected chi connectivity index (χ2v) is 8.61. The van der Waals surface area contributed by atoms with Gasteiger partial charge in [-0.2, -0.15) is 0 Å². The van der Waals surface area contributed by atoms with Crippen molar-refractivity contribution in [2.24, 2.45) is 0 Å². The average Bonchev–Trinajstić information content (AvgIpc) is 3.12. The molecule has 6 heteroatoms. The molecule has 1 N–H and O–H groups in total. The minimum atomic E-state index is -0.573. The number of methoxy groups -OCH3 is 1. The molecule has 0 spiro atoms. The topological polar surface area (TPSA) is 65.6 Å². The van der Waals surface area contributed by atoms with Gasteiger partial charge in [-0.1, -0.05) is 30.3 Å². The van der Waals surface area contributed by atoms with Gasteiger partial charge < -0.3 is 19.5 Å². The zero-order valence-corrected chi connectivity index (χ0v) is 17.4. The van der Waals surface area contributed by atoms with Crippen LogP contribution in [0.4, 0.5) is 0 Å². The molecule has 154 valence electrons. The number of fused-ring (bicyclic) bond motifs is 4.